The average Bonchev–Trinajstić information content (AvgIpc) is 2.93. The van der Waals surface area contributed by atoms with Gasteiger partial charge in [-0.2, -0.15) is 0 Å². The number of hydrogen-bond donors (Lipinski definition) is 1. The second-order valence-electron chi connectivity index (χ2n) is 5.91. The Kier molecular flexibility index (Phi) is 12.3. The number of ether oxygens (including phenoxy) is 1. The molecule has 1 unspecified atom stereocenters. The molecule has 2 fully saturated rings. The van der Waals surface area contributed by atoms with Crippen molar-refractivity contribution in [3.8, 4) is 0 Å². The average molecular weight is 356 g/mol. The summed E-state index contributed by atoms with van der Waals surface area (Å²) < 4.78 is 4.98. The lowest BCUT2D eigenvalue weighted by atomic mass is 10.1. The van der Waals surface area contributed by atoms with Crippen LogP contribution in [0.1, 0.15) is 32.1 Å². The second-order valence-corrected chi connectivity index (χ2v) is 5.91. The minimum atomic E-state index is 0. The van der Waals surface area contributed by atoms with Gasteiger partial charge in [-0.15, -0.1) is 24.8 Å². The van der Waals surface area contributed by atoms with Crippen molar-refractivity contribution in [1.29, 1.82) is 0 Å². The molecule has 2 aliphatic heterocycles. The van der Waals surface area contributed by atoms with E-state index in [9.17, 15) is 4.79 Å². The molecule has 0 saturated carbocycles. The summed E-state index contributed by atoms with van der Waals surface area (Å²) in [5.41, 5.74) is 0. The number of methoxy groups -OCH3 is 1. The minimum Gasteiger partial charge on any atom is -0.383 e. The molecule has 0 aliphatic carbocycles. The van der Waals surface area contributed by atoms with E-state index in [0.717, 1.165) is 26.1 Å². The van der Waals surface area contributed by atoms with E-state index in [4.69, 9.17) is 4.74 Å². The van der Waals surface area contributed by atoms with Crippen LogP contribution >= 0.6 is 24.8 Å². The Labute approximate surface area is 146 Å². The second kappa shape index (κ2) is 12.4. The highest BCUT2D eigenvalue weighted by Crippen LogP contribution is 2.20. The van der Waals surface area contributed by atoms with Crippen molar-refractivity contribution in [3.05, 3.63) is 0 Å². The van der Waals surface area contributed by atoms with Gasteiger partial charge in [0.15, 0.2) is 0 Å². The SMILES string of the molecule is COCCNCC(=O)N1CCCC1CN1CCCCC1.Cl.Cl. The lowest BCUT2D eigenvalue weighted by molar-refractivity contribution is -0.131. The number of carbonyl (C=O) groups is 1. The van der Waals surface area contributed by atoms with Crippen molar-refractivity contribution in [2.75, 3.05) is 53.0 Å². The molecule has 0 aromatic heterocycles. The molecule has 1 N–H and O–H groups in total. The van der Waals surface area contributed by atoms with E-state index in [2.05, 4.69) is 15.1 Å². The number of likely N-dealkylation sites (tertiary alicyclic amines) is 2. The van der Waals surface area contributed by atoms with Crippen LogP contribution in [-0.2, 0) is 9.53 Å². The van der Waals surface area contributed by atoms with Crippen LogP contribution in [-0.4, -0.2) is 74.7 Å². The predicted molar refractivity (Wildman–Crippen MR) is 94.3 cm³/mol. The summed E-state index contributed by atoms with van der Waals surface area (Å²) in [5, 5.41) is 3.16. The summed E-state index contributed by atoms with van der Waals surface area (Å²) in [7, 11) is 1.68. The van der Waals surface area contributed by atoms with E-state index >= 15 is 0 Å². The van der Waals surface area contributed by atoms with Crippen molar-refractivity contribution in [1.82, 2.24) is 15.1 Å². The summed E-state index contributed by atoms with van der Waals surface area (Å²) in [4.78, 5) is 16.9. The molecule has 0 radical (unpaired) electrons. The summed E-state index contributed by atoms with van der Waals surface area (Å²) in [5.74, 6) is 0.251. The maximum Gasteiger partial charge on any atom is 0.236 e. The number of amides is 1. The molecule has 2 rings (SSSR count). The molecule has 2 aliphatic rings. The predicted octanol–water partition coefficient (Wildman–Crippen LogP) is 1.54. The molecular formula is C15H31Cl2N3O2. The quantitative estimate of drug-likeness (QED) is 0.703. The molecule has 1 amide bonds. The first-order chi connectivity index (χ1) is 9.81. The molecule has 5 nitrogen and oxygen atoms in total. The number of halogens is 2. The van der Waals surface area contributed by atoms with Gasteiger partial charge in [-0.05, 0) is 38.8 Å². The fraction of sp³-hybridized carbons (Fsp3) is 0.933. The molecule has 1 atom stereocenters. The van der Waals surface area contributed by atoms with Gasteiger partial charge >= 0.3 is 0 Å². The van der Waals surface area contributed by atoms with Crippen LogP contribution in [0.4, 0.5) is 0 Å². The Balaban J connectivity index is 0.00000220. The first-order valence-electron chi connectivity index (χ1n) is 8.02. The van der Waals surface area contributed by atoms with Gasteiger partial charge < -0.3 is 19.9 Å². The van der Waals surface area contributed by atoms with Gasteiger partial charge in [-0.25, -0.2) is 0 Å². The normalized spacial score (nSPS) is 22.0. The van der Waals surface area contributed by atoms with Crippen molar-refractivity contribution in [2.24, 2.45) is 0 Å². The van der Waals surface area contributed by atoms with Crippen LogP contribution in [0, 0.1) is 0 Å². The summed E-state index contributed by atoms with van der Waals surface area (Å²) in [6, 6.07) is 0.435. The number of nitrogens with zero attached hydrogens (tertiary/aromatic N) is 2. The molecular weight excluding hydrogens is 325 g/mol. The van der Waals surface area contributed by atoms with Crippen molar-refractivity contribution in [3.63, 3.8) is 0 Å². The number of nitrogens with one attached hydrogen (secondary N) is 1. The standard InChI is InChI=1S/C15H29N3O2.2ClH/c1-20-11-7-16-12-15(19)18-10-5-6-14(18)13-17-8-3-2-4-9-17;;/h14,16H,2-13H2,1H3;2*1H. The highest BCUT2D eigenvalue weighted by Gasteiger charge is 2.29. The van der Waals surface area contributed by atoms with Gasteiger partial charge in [0.05, 0.1) is 13.2 Å². The minimum absolute atomic E-state index is 0. The highest BCUT2D eigenvalue weighted by molar-refractivity contribution is 5.85. The molecule has 2 heterocycles. The van der Waals surface area contributed by atoms with Crippen LogP contribution in [0.25, 0.3) is 0 Å². The molecule has 132 valence electrons. The lowest BCUT2D eigenvalue weighted by Crippen LogP contribution is -2.47. The number of piperidine rings is 1. The van der Waals surface area contributed by atoms with E-state index < -0.39 is 0 Å². The lowest BCUT2D eigenvalue weighted by Gasteiger charge is -2.33. The third-order valence-corrected chi connectivity index (χ3v) is 4.37. The number of hydrogen-bond acceptors (Lipinski definition) is 4. The molecule has 0 bridgehead atoms. The Bertz CT molecular complexity index is 303. The van der Waals surface area contributed by atoms with Crippen LogP contribution < -0.4 is 5.32 Å². The zero-order valence-corrected chi connectivity index (χ0v) is 15.2. The van der Waals surface area contributed by atoms with Gasteiger partial charge in [0.2, 0.25) is 5.91 Å². The molecule has 0 spiro atoms. The van der Waals surface area contributed by atoms with E-state index in [1.165, 1.54) is 38.8 Å². The summed E-state index contributed by atoms with van der Waals surface area (Å²) in [6.07, 6.45) is 6.33. The summed E-state index contributed by atoms with van der Waals surface area (Å²) in [6.45, 7) is 6.28. The molecule has 7 heteroatoms. The van der Waals surface area contributed by atoms with Crippen LogP contribution in [0.3, 0.4) is 0 Å². The molecule has 0 aromatic carbocycles. The smallest absolute Gasteiger partial charge is 0.236 e. The molecule has 0 aromatic rings. The first-order valence-corrected chi connectivity index (χ1v) is 8.02. The number of carbonyl (C=O) groups excluding carboxylic acids is 1. The van der Waals surface area contributed by atoms with Crippen LogP contribution in [0.15, 0.2) is 0 Å². The maximum absolute atomic E-state index is 12.3. The Morgan fingerprint density at radius 2 is 1.86 bits per heavy atom. The third kappa shape index (κ3) is 7.01. The molecule has 2 saturated heterocycles. The highest BCUT2D eigenvalue weighted by atomic mass is 35.5. The van der Waals surface area contributed by atoms with Crippen molar-refractivity contribution in [2.45, 2.75) is 38.1 Å². The Morgan fingerprint density at radius 3 is 2.55 bits per heavy atom. The van der Waals surface area contributed by atoms with E-state index in [0.29, 0.717) is 19.2 Å². The largest absolute Gasteiger partial charge is 0.383 e. The van der Waals surface area contributed by atoms with Gasteiger partial charge in [0.1, 0.15) is 0 Å². The first kappa shape index (κ1) is 21.9. The Hall–Kier alpha value is -0.0700. The fourth-order valence-electron chi connectivity index (χ4n) is 3.26. The van der Waals surface area contributed by atoms with Crippen molar-refractivity contribution >= 4 is 30.7 Å². The van der Waals surface area contributed by atoms with E-state index in [1.807, 2.05) is 0 Å². The van der Waals surface area contributed by atoms with E-state index in [-0.39, 0.29) is 30.7 Å². The zero-order chi connectivity index (χ0) is 14.2. The maximum atomic E-state index is 12.3. The summed E-state index contributed by atoms with van der Waals surface area (Å²) >= 11 is 0. The zero-order valence-electron chi connectivity index (χ0n) is 13.6. The van der Waals surface area contributed by atoms with E-state index in [1.54, 1.807) is 7.11 Å². The number of rotatable bonds is 7. The van der Waals surface area contributed by atoms with Gasteiger partial charge in [-0.3, -0.25) is 4.79 Å². The third-order valence-electron chi connectivity index (χ3n) is 4.37. The fourth-order valence-corrected chi connectivity index (χ4v) is 3.26. The monoisotopic (exact) mass is 355 g/mol. The molecule has 22 heavy (non-hydrogen) atoms. The van der Waals surface area contributed by atoms with Crippen molar-refractivity contribution < 1.29 is 9.53 Å². The van der Waals surface area contributed by atoms with Gasteiger partial charge in [-0.1, -0.05) is 6.42 Å². The Morgan fingerprint density at radius 1 is 1.14 bits per heavy atom. The topological polar surface area (TPSA) is 44.8 Å². The van der Waals surface area contributed by atoms with Gasteiger partial charge in [0, 0.05) is 32.8 Å². The van der Waals surface area contributed by atoms with Gasteiger partial charge in [0.25, 0.3) is 0 Å². The van der Waals surface area contributed by atoms with Crippen LogP contribution in [0.5, 0.6) is 0 Å². The van der Waals surface area contributed by atoms with Crippen LogP contribution in [0.2, 0.25) is 0 Å².